The first-order valence-corrected chi connectivity index (χ1v) is 6.51. The van der Waals surface area contributed by atoms with Crippen LogP contribution in [0.25, 0.3) is 0 Å². The summed E-state index contributed by atoms with van der Waals surface area (Å²) in [7, 11) is 3.94. The monoisotopic (exact) mass is 250 g/mol. The van der Waals surface area contributed by atoms with Crippen LogP contribution in [0.15, 0.2) is 30.3 Å². The molecule has 0 fully saturated rings. The average Bonchev–Trinajstić information content (AvgIpc) is 2.29. The van der Waals surface area contributed by atoms with Crippen molar-refractivity contribution in [2.24, 2.45) is 0 Å². The molecule has 3 heteroatoms. The smallest absolute Gasteiger partial charge is 0.0791 e. The minimum atomic E-state index is -0.313. The van der Waals surface area contributed by atoms with Gasteiger partial charge in [0.2, 0.25) is 0 Å². The lowest BCUT2D eigenvalue weighted by Gasteiger charge is -2.27. The van der Waals surface area contributed by atoms with Gasteiger partial charge in [0.1, 0.15) is 0 Å². The van der Waals surface area contributed by atoms with Crippen molar-refractivity contribution >= 4 is 0 Å². The Balaban J connectivity index is 2.38. The van der Waals surface area contributed by atoms with E-state index in [9.17, 15) is 5.11 Å². The summed E-state index contributed by atoms with van der Waals surface area (Å²) in [6.07, 6.45) is -0.313. The molecule has 0 aromatic heterocycles. The SMILES string of the molecule is CN(C)CC(O)CNCC(C)(C)c1ccccc1. The molecule has 102 valence electrons. The maximum atomic E-state index is 9.78. The molecule has 3 nitrogen and oxygen atoms in total. The maximum Gasteiger partial charge on any atom is 0.0791 e. The average molecular weight is 250 g/mol. The van der Waals surface area contributed by atoms with E-state index in [4.69, 9.17) is 0 Å². The lowest BCUT2D eigenvalue weighted by Crippen LogP contribution is -2.40. The molecule has 1 aromatic carbocycles. The molecule has 18 heavy (non-hydrogen) atoms. The molecule has 0 radical (unpaired) electrons. The number of aliphatic hydroxyl groups is 1. The number of aliphatic hydroxyl groups excluding tert-OH is 1. The Morgan fingerprint density at radius 1 is 1.22 bits per heavy atom. The molecule has 1 rings (SSSR count). The van der Waals surface area contributed by atoms with Crippen LogP contribution in [0.1, 0.15) is 19.4 Å². The summed E-state index contributed by atoms with van der Waals surface area (Å²) in [6, 6.07) is 10.5. The summed E-state index contributed by atoms with van der Waals surface area (Å²) in [6.45, 7) is 6.62. The highest BCUT2D eigenvalue weighted by molar-refractivity contribution is 5.23. The second-order valence-electron chi connectivity index (χ2n) is 5.80. The van der Waals surface area contributed by atoms with Gasteiger partial charge in [-0.25, -0.2) is 0 Å². The largest absolute Gasteiger partial charge is 0.390 e. The van der Waals surface area contributed by atoms with Crippen LogP contribution < -0.4 is 5.32 Å². The fourth-order valence-electron chi connectivity index (χ4n) is 2.03. The van der Waals surface area contributed by atoms with Gasteiger partial charge in [-0.15, -0.1) is 0 Å². The molecular formula is C15H26N2O. The summed E-state index contributed by atoms with van der Waals surface area (Å²) in [5.74, 6) is 0. The molecule has 0 aliphatic heterocycles. The Labute approximate surface area is 111 Å². The number of likely N-dealkylation sites (N-methyl/N-ethyl adjacent to an activating group) is 1. The molecule has 0 bridgehead atoms. The Kier molecular flexibility index (Phi) is 5.79. The highest BCUT2D eigenvalue weighted by Gasteiger charge is 2.20. The van der Waals surface area contributed by atoms with E-state index >= 15 is 0 Å². The summed E-state index contributed by atoms with van der Waals surface area (Å²) in [4.78, 5) is 1.99. The number of hydrogen-bond donors (Lipinski definition) is 2. The van der Waals surface area contributed by atoms with Gasteiger partial charge < -0.3 is 15.3 Å². The molecule has 1 atom stereocenters. The van der Waals surface area contributed by atoms with Gasteiger partial charge in [-0.1, -0.05) is 44.2 Å². The van der Waals surface area contributed by atoms with Crippen molar-refractivity contribution < 1.29 is 5.11 Å². The third-order valence-electron chi connectivity index (χ3n) is 3.08. The number of benzene rings is 1. The molecule has 0 aliphatic rings. The quantitative estimate of drug-likeness (QED) is 0.769. The Morgan fingerprint density at radius 2 is 1.83 bits per heavy atom. The molecule has 0 amide bonds. The van der Waals surface area contributed by atoms with Gasteiger partial charge in [-0.05, 0) is 19.7 Å². The van der Waals surface area contributed by atoms with Gasteiger partial charge in [-0.2, -0.15) is 0 Å². The van der Waals surface area contributed by atoms with Crippen LogP contribution >= 0.6 is 0 Å². The van der Waals surface area contributed by atoms with Crippen LogP contribution in [-0.4, -0.2) is 49.8 Å². The number of nitrogens with one attached hydrogen (secondary N) is 1. The van der Waals surface area contributed by atoms with Gasteiger partial charge in [0.15, 0.2) is 0 Å². The summed E-state index contributed by atoms with van der Waals surface area (Å²) >= 11 is 0. The zero-order valence-corrected chi connectivity index (χ0v) is 12.0. The van der Waals surface area contributed by atoms with Crippen molar-refractivity contribution in [2.45, 2.75) is 25.4 Å². The molecule has 0 heterocycles. The van der Waals surface area contributed by atoms with E-state index in [0.29, 0.717) is 13.1 Å². The topological polar surface area (TPSA) is 35.5 Å². The predicted molar refractivity (Wildman–Crippen MR) is 76.9 cm³/mol. The van der Waals surface area contributed by atoms with Gasteiger partial charge in [0.25, 0.3) is 0 Å². The zero-order chi connectivity index (χ0) is 13.6. The number of nitrogens with zero attached hydrogens (tertiary/aromatic N) is 1. The van der Waals surface area contributed by atoms with Crippen LogP contribution in [0.5, 0.6) is 0 Å². The second kappa shape index (κ2) is 6.88. The van der Waals surface area contributed by atoms with E-state index in [2.05, 4.69) is 43.4 Å². The summed E-state index contributed by atoms with van der Waals surface area (Å²) in [5, 5.41) is 13.1. The van der Waals surface area contributed by atoms with Gasteiger partial charge in [0.05, 0.1) is 6.10 Å². The van der Waals surface area contributed by atoms with Crippen molar-refractivity contribution in [2.75, 3.05) is 33.7 Å². The zero-order valence-electron chi connectivity index (χ0n) is 12.0. The molecule has 0 spiro atoms. The molecule has 0 saturated heterocycles. The Bertz CT molecular complexity index is 336. The van der Waals surface area contributed by atoms with Crippen LogP contribution in [0, 0.1) is 0 Å². The van der Waals surface area contributed by atoms with Crippen LogP contribution in [0.3, 0.4) is 0 Å². The molecule has 1 unspecified atom stereocenters. The van der Waals surface area contributed by atoms with E-state index in [1.165, 1.54) is 5.56 Å². The normalized spacial score (nSPS) is 13.9. The molecule has 2 N–H and O–H groups in total. The van der Waals surface area contributed by atoms with E-state index < -0.39 is 0 Å². The number of hydrogen-bond acceptors (Lipinski definition) is 3. The van der Waals surface area contributed by atoms with Crippen molar-refractivity contribution in [1.29, 1.82) is 0 Å². The summed E-state index contributed by atoms with van der Waals surface area (Å²) < 4.78 is 0. The Morgan fingerprint density at radius 3 is 2.39 bits per heavy atom. The van der Waals surface area contributed by atoms with Crippen LogP contribution in [-0.2, 0) is 5.41 Å². The standard InChI is InChI=1S/C15H26N2O/c1-15(2,13-8-6-5-7-9-13)12-16-10-14(18)11-17(3)4/h5-9,14,16,18H,10-12H2,1-4H3. The number of rotatable bonds is 7. The Hall–Kier alpha value is -0.900. The van der Waals surface area contributed by atoms with E-state index in [1.54, 1.807) is 0 Å². The van der Waals surface area contributed by atoms with Crippen molar-refractivity contribution in [3.8, 4) is 0 Å². The fourth-order valence-corrected chi connectivity index (χ4v) is 2.03. The minimum absolute atomic E-state index is 0.0824. The lowest BCUT2D eigenvalue weighted by atomic mass is 9.84. The first-order valence-electron chi connectivity index (χ1n) is 6.51. The second-order valence-corrected chi connectivity index (χ2v) is 5.80. The van der Waals surface area contributed by atoms with E-state index in [1.807, 2.05) is 25.1 Å². The van der Waals surface area contributed by atoms with Crippen LogP contribution in [0.2, 0.25) is 0 Å². The molecule has 0 saturated carbocycles. The van der Waals surface area contributed by atoms with Crippen molar-refractivity contribution in [3.05, 3.63) is 35.9 Å². The molecule has 0 aliphatic carbocycles. The first-order chi connectivity index (χ1) is 8.42. The highest BCUT2D eigenvalue weighted by Crippen LogP contribution is 2.21. The fraction of sp³-hybridized carbons (Fsp3) is 0.600. The predicted octanol–water partition coefficient (Wildman–Crippen LogP) is 1.48. The van der Waals surface area contributed by atoms with Gasteiger partial charge in [0, 0.05) is 25.0 Å². The maximum absolute atomic E-state index is 9.78. The molecular weight excluding hydrogens is 224 g/mol. The van der Waals surface area contributed by atoms with E-state index in [0.717, 1.165) is 6.54 Å². The van der Waals surface area contributed by atoms with Crippen molar-refractivity contribution in [1.82, 2.24) is 10.2 Å². The van der Waals surface area contributed by atoms with Gasteiger partial charge in [-0.3, -0.25) is 0 Å². The van der Waals surface area contributed by atoms with Crippen LogP contribution in [0.4, 0.5) is 0 Å². The first kappa shape index (κ1) is 15.2. The van der Waals surface area contributed by atoms with E-state index in [-0.39, 0.29) is 11.5 Å². The lowest BCUT2D eigenvalue weighted by molar-refractivity contribution is 0.133. The van der Waals surface area contributed by atoms with Crippen molar-refractivity contribution in [3.63, 3.8) is 0 Å². The molecule has 1 aromatic rings. The third kappa shape index (κ3) is 5.17. The highest BCUT2D eigenvalue weighted by atomic mass is 16.3. The summed E-state index contributed by atoms with van der Waals surface area (Å²) in [5.41, 5.74) is 1.40. The minimum Gasteiger partial charge on any atom is -0.390 e. The van der Waals surface area contributed by atoms with Gasteiger partial charge >= 0.3 is 0 Å². The third-order valence-corrected chi connectivity index (χ3v) is 3.08.